The van der Waals surface area contributed by atoms with Gasteiger partial charge >= 0.3 is 6.09 Å². The lowest BCUT2D eigenvalue weighted by atomic mass is 10.0. The van der Waals surface area contributed by atoms with Crippen molar-refractivity contribution in [1.82, 2.24) is 0 Å². The molecule has 0 spiro atoms. The molecule has 0 bridgehead atoms. The Balaban J connectivity index is 2.38. The maximum atomic E-state index is 11.5. The van der Waals surface area contributed by atoms with Crippen LogP contribution in [0.5, 0.6) is 0 Å². The number of benzene rings is 1. The molecule has 0 saturated carbocycles. The summed E-state index contributed by atoms with van der Waals surface area (Å²) in [5, 5.41) is 9.62. The fourth-order valence-corrected chi connectivity index (χ4v) is 1.86. The number of para-hydroxylation sites is 1. The van der Waals surface area contributed by atoms with Gasteiger partial charge in [-0.2, -0.15) is 0 Å². The number of rotatable bonds is 0. The average Bonchev–Trinajstić information content (AvgIpc) is 2.26. The highest BCUT2D eigenvalue weighted by molar-refractivity contribution is 5.89. The fourth-order valence-electron chi connectivity index (χ4n) is 1.86. The van der Waals surface area contributed by atoms with E-state index in [0.717, 1.165) is 11.3 Å². The Hall–Kier alpha value is -1.55. The number of nitrogens with zero attached hydrogens (tertiary/aromatic N) is 1. The Bertz CT molecular complexity index is 378. The minimum absolute atomic E-state index is 0.295. The summed E-state index contributed by atoms with van der Waals surface area (Å²) in [6, 6.07) is 7.53. The van der Waals surface area contributed by atoms with Crippen LogP contribution in [0.1, 0.15) is 5.56 Å². The van der Waals surface area contributed by atoms with E-state index >= 15 is 0 Å². The zero-order chi connectivity index (χ0) is 10.8. The van der Waals surface area contributed by atoms with Gasteiger partial charge in [-0.3, -0.25) is 4.90 Å². The van der Waals surface area contributed by atoms with Gasteiger partial charge in [-0.25, -0.2) is 4.79 Å². The molecule has 4 heteroatoms. The monoisotopic (exact) mass is 207 g/mol. The number of β-amino-alcohol motifs (C(OH)–C–C–N with tert-alkyl or cyclic N) is 1. The summed E-state index contributed by atoms with van der Waals surface area (Å²) in [5.74, 6) is 0. The van der Waals surface area contributed by atoms with Crippen molar-refractivity contribution in [2.45, 2.75) is 12.5 Å². The van der Waals surface area contributed by atoms with E-state index in [0.29, 0.717) is 13.0 Å². The lowest BCUT2D eigenvalue weighted by Crippen LogP contribution is -2.42. The van der Waals surface area contributed by atoms with Crippen molar-refractivity contribution in [2.75, 3.05) is 18.6 Å². The minimum Gasteiger partial charge on any atom is -0.452 e. The van der Waals surface area contributed by atoms with Crippen molar-refractivity contribution in [3.8, 4) is 0 Å². The van der Waals surface area contributed by atoms with Crippen LogP contribution in [-0.4, -0.2) is 31.0 Å². The third kappa shape index (κ3) is 1.80. The number of carbonyl (C=O) groups is 1. The highest BCUT2D eigenvalue weighted by atomic mass is 16.5. The second-order valence-corrected chi connectivity index (χ2v) is 3.57. The zero-order valence-electron chi connectivity index (χ0n) is 8.51. The molecule has 2 rings (SSSR count). The van der Waals surface area contributed by atoms with E-state index in [1.54, 1.807) is 0 Å². The maximum Gasteiger partial charge on any atom is 0.414 e. The summed E-state index contributed by atoms with van der Waals surface area (Å²) in [7, 11) is 1.34. The maximum absolute atomic E-state index is 11.5. The summed E-state index contributed by atoms with van der Waals surface area (Å²) >= 11 is 0. The number of aliphatic hydroxyl groups is 1. The Kier molecular flexibility index (Phi) is 2.60. The molecule has 1 aromatic rings. The largest absolute Gasteiger partial charge is 0.452 e. The molecule has 1 aromatic carbocycles. The van der Waals surface area contributed by atoms with E-state index < -0.39 is 12.2 Å². The first-order valence-electron chi connectivity index (χ1n) is 4.84. The molecule has 1 N–H and O–H groups in total. The molecular weight excluding hydrogens is 194 g/mol. The van der Waals surface area contributed by atoms with Gasteiger partial charge in [-0.15, -0.1) is 0 Å². The van der Waals surface area contributed by atoms with Crippen molar-refractivity contribution in [3.05, 3.63) is 29.8 Å². The normalized spacial score (nSPS) is 19.6. The van der Waals surface area contributed by atoms with Crippen molar-refractivity contribution in [1.29, 1.82) is 0 Å². The van der Waals surface area contributed by atoms with Gasteiger partial charge < -0.3 is 9.84 Å². The van der Waals surface area contributed by atoms with Gasteiger partial charge in [0.1, 0.15) is 0 Å². The first kappa shape index (κ1) is 9.98. The van der Waals surface area contributed by atoms with Crippen molar-refractivity contribution in [3.63, 3.8) is 0 Å². The standard InChI is InChI=1S/C11H13NO3/c1-15-11(14)12-7-9(13)6-8-4-2-3-5-10(8)12/h2-5,9,13H,6-7H2,1H3/t9-/m0/s1. The second-order valence-electron chi connectivity index (χ2n) is 3.57. The van der Waals surface area contributed by atoms with E-state index in [9.17, 15) is 9.90 Å². The number of hydrogen-bond acceptors (Lipinski definition) is 3. The third-order valence-electron chi connectivity index (χ3n) is 2.53. The van der Waals surface area contributed by atoms with Crippen LogP contribution in [0.4, 0.5) is 10.5 Å². The van der Waals surface area contributed by atoms with E-state index in [-0.39, 0.29) is 0 Å². The van der Waals surface area contributed by atoms with Gasteiger partial charge in [0.15, 0.2) is 0 Å². The number of anilines is 1. The van der Waals surface area contributed by atoms with Crippen molar-refractivity contribution in [2.24, 2.45) is 0 Å². The Labute approximate surface area is 88.1 Å². The second kappa shape index (κ2) is 3.90. The molecule has 1 aliphatic heterocycles. The van der Waals surface area contributed by atoms with Crippen molar-refractivity contribution >= 4 is 11.8 Å². The summed E-state index contributed by atoms with van der Waals surface area (Å²) in [6.07, 6.45) is -0.357. The molecule has 0 radical (unpaired) electrons. The number of methoxy groups -OCH3 is 1. The molecule has 4 nitrogen and oxygen atoms in total. The summed E-state index contributed by atoms with van der Waals surface area (Å²) in [5.41, 5.74) is 1.80. The molecule has 1 atom stereocenters. The van der Waals surface area contributed by atoms with Crippen LogP contribution in [0, 0.1) is 0 Å². The fraction of sp³-hybridized carbons (Fsp3) is 0.364. The SMILES string of the molecule is COC(=O)N1C[C@@H](O)Cc2ccccc21. The Morgan fingerprint density at radius 1 is 1.53 bits per heavy atom. The minimum atomic E-state index is -0.515. The van der Waals surface area contributed by atoms with E-state index in [4.69, 9.17) is 0 Å². The van der Waals surface area contributed by atoms with Crippen LogP contribution in [0.15, 0.2) is 24.3 Å². The molecule has 80 valence electrons. The molecule has 15 heavy (non-hydrogen) atoms. The van der Waals surface area contributed by atoms with Crippen LogP contribution in [0.3, 0.4) is 0 Å². The Morgan fingerprint density at radius 3 is 3.00 bits per heavy atom. The average molecular weight is 207 g/mol. The molecule has 0 unspecified atom stereocenters. The number of fused-ring (bicyclic) bond motifs is 1. The van der Waals surface area contributed by atoms with Crippen LogP contribution in [-0.2, 0) is 11.2 Å². The smallest absolute Gasteiger partial charge is 0.414 e. The highest BCUT2D eigenvalue weighted by Crippen LogP contribution is 2.27. The molecule has 0 aromatic heterocycles. The lowest BCUT2D eigenvalue weighted by molar-refractivity contribution is 0.153. The van der Waals surface area contributed by atoms with Crippen molar-refractivity contribution < 1.29 is 14.6 Å². The van der Waals surface area contributed by atoms with Crippen LogP contribution >= 0.6 is 0 Å². The number of hydrogen-bond donors (Lipinski definition) is 1. The Morgan fingerprint density at radius 2 is 2.27 bits per heavy atom. The highest BCUT2D eigenvalue weighted by Gasteiger charge is 2.27. The van der Waals surface area contributed by atoms with Gasteiger partial charge in [0.05, 0.1) is 25.4 Å². The first-order chi connectivity index (χ1) is 7.22. The topological polar surface area (TPSA) is 49.8 Å². The van der Waals surface area contributed by atoms with Crippen LogP contribution < -0.4 is 4.90 Å². The summed E-state index contributed by atoms with van der Waals surface area (Å²) in [6.45, 7) is 0.295. The summed E-state index contributed by atoms with van der Waals surface area (Å²) < 4.78 is 4.67. The van der Waals surface area contributed by atoms with Crippen LogP contribution in [0.2, 0.25) is 0 Å². The van der Waals surface area contributed by atoms with Gasteiger partial charge in [0.2, 0.25) is 0 Å². The van der Waals surface area contributed by atoms with Gasteiger partial charge in [0.25, 0.3) is 0 Å². The zero-order valence-corrected chi connectivity index (χ0v) is 8.51. The summed E-state index contributed by atoms with van der Waals surface area (Å²) in [4.78, 5) is 12.9. The predicted octanol–water partition coefficient (Wildman–Crippen LogP) is 1.18. The molecule has 1 heterocycles. The number of aliphatic hydroxyl groups excluding tert-OH is 1. The van der Waals surface area contributed by atoms with E-state index in [1.807, 2.05) is 24.3 Å². The van der Waals surface area contributed by atoms with Crippen LogP contribution in [0.25, 0.3) is 0 Å². The molecular formula is C11H13NO3. The lowest BCUT2D eigenvalue weighted by Gasteiger charge is -2.31. The molecule has 0 fully saturated rings. The molecule has 1 aliphatic rings. The van der Waals surface area contributed by atoms with Gasteiger partial charge in [-0.05, 0) is 11.6 Å². The van der Waals surface area contributed by atoms with E-state index in [2.05, 4.69) is 4.74 Å². The quantitative estimate of drug-likeness (QED) is 0.695. The number of carbonyl (C=O) groups excluding carboxylic acids is 1. The molecule has 0 saturated heterocycles. The number of amides is 1. The first-order valence-corrected chi connectivity index (χ1v) is 4.84. The predicted molar refractivity (Wildman–Crippen MR) is 55.9 cm³/mol. The van der Waals surface area contributed by atoms with Gasteiger partial charge in [-0.1, -0.05) is 18.2 Å². The molecule has 1 amide bonds. The van der Waals surface area contributed by atoms with E-state index in [1.165, 1.54) is 12.0 Å². The van der Waals surface area contributed by atoms with Gasteiger partial charge in [0, 0.05) is 6.42 Å². The molecule has 0 aliphatic carbocycles. The number of ether oxygens (including phenoxy) is 1. The third-order valence-corrected chi connectivity index (χ3v) is 2.53.